The van der Waals surface area contributed by atoms with Gasteiger partial charge in [0.1, 0.15) is 49.3 Å². The van der Waals surface area contributed by atoms with Crippen molar-refractivity contribution < 1.29 is 55.1 Å². The molecule has 0 saturated carbocycles. The minimum atomic E-state index is -2.37. The number of hydrogen-bond donors (Lipinski definition) is 8. The van der Waals surface area contributed by atoms with Crippen LogP contribution < -0.4 is 0 Å². The van der Waals surface area contributed by atoms with Gasteiger partial charge in [0.15, 0.2) is 6.29 Å². The molecule has 0 aliphatic carbocycles. The second-order valence-electron chi connectivity index (χ2n) is 5.63. The van der Waals surface area contributed by atoms with Crippen LogP contribution >= 0.6 is 0 Å². The van der Waals surface area contributed by atoms with Gasteiger partial charge >= 0.3 is 0 Å². The number of hydrogen-bond acceptors (Lipinski definition) is 11. The first kappa shape index (κ1) is 18.9. The Hall–Kier alpha value is -0.440. The Morgan fingerprint density at radius 2 is 1.43 bits per heavy atom. The Morgan fingerprint density at radius 3 is 1.96 bits per heavy atom. The van der Waals surface area contributed by atoms with Gasteiger partial charge in [-0.15, -0.1) is 0 Å². The van der Waals surface area contributed by atoms with Gasteiger partial charge in [-0.1, -0.05) is 0 Å². The molecule has 1 unspecified atom stereocenters. The third-order valence-electron chi connectivity index (χ3n) is 4.00. The lowest BCUT2D eigenvalue weighted by molar-refractivity contribution is -0.332. The van der Waals surface area contributed by atoms with Gasteiger partial charge in [0, 0.05) is 0 Å². The molecule has 2 saturated heterocycles. The quantitative estimate of drug-likeness (QED) is 0.238. The first-order valence-electron chi connectivity index (χ1n) is 7.04. The zero-order valence-electron chi connectivity index (χ0n) is 12.0. The van der Waals surface area contributed by atoms with Crippen LogP contribution in [0.2, 0.25) is 0 Å². The van der Waals surface area contributed by atoms with E-state index in [1.165, 1.54) is 0 Å². The van der Waals surface area contributed by atoms with E-state index in [1.807, 2.05) is 0 Å². The smallest absolute Gasteiger partial charge is 0.219 e. The van der Waals surface area contributed by atoms with E-state index in [-0.39, 0.29) is 0 Å². The minimum Gasteiger partial charge on any atom is -0.394 e. The first-order valence-corrected chi connectivity index (χ1v) is 7.04. The van der Waals surface area contributed by atoms with Crippen LogP contribution in [0.25, 0.3) is 0 Å². The van der Waals surface area contributed by atoms with E-state index in [0.29, 0.717) is 0 Å². The number of ether oxygens (including phenoxy) is 3. The molecule has 0 spiro atoms. The molecule has 0 aromatic carbocycles. The lowest BCUT2D eigenvalue weighted by atomic mass is 9.99. The predicted octanol–water partition coefficient (Wildman–Crippen LogP) is -5.40. The van der Waals surface area contributed by atoms with E-state index < -0.39 is 74.6 Å². The van der Waals surface area contributed by atoms with Crippen molar-refractivity contribution in [1.29, 1.82) is 0 Å². The number of aliphatic hydroxyl groups excluding tert-OH is 7. The van der Waals surface area contributed by atoms with Crippen LogP contribution in [0.5, 0.6) is 0 Å². The molecular weight excluding hydrogens is 320 g/mol. The van der Waals surface area contributed by atoms with Gasteiger partial charge in [-0.05, 0) is 0 Å². The molecule has 2 heterocycles. The number of rotatable bonds is 5. The van der Waals surface area contributed by atoms with E-state index >= 15 is 0 Å². The van der Waals surface area contributed by atoms with Gasteiger partial charge in [0.25, 0.3) is 0 Å². The molecule has 9 atom stereocenters. The van der Waals surface area contributed by atoms with E-state index in [4.69, 9.17) is 24.4 Å². The molecule has 136 valence electrons. The van der Waals surface area contributed by atoms with Crippen LogP contribution in [0.4, 0.5) is 0 Å². The number of aliphatic hydroxyl groups is 8. The van der Waals surface area contributed by atoms with Gasteiger partial charge in [0.2, 0.25) is 5.79 Å². The van der Waals surface area contributed by atoms with Crippen molar-refractivity contribution in [2.45, 2.75) is 54.8 Å². The highest BCUT2D eigenvalue weighted by Crippen LogP contribution is 2.31. The van der Waals surface area contributed by atoms with E-state index in [1.54, 1.807) is 0 Å². The van der Waals surface area contributed by atoms with Crippen LogP contribution in [0.15, 0.2) is 0 Å². The fourth-order valence-corrected chi connectivity index (χ4v) is 2.54. The van der Waals surface area contributed by atoms with Crippen molar-refractivity contribution in [1.82, 2.24) is 0 Å². The summed E-state index contributed by atoms with van der Waals surface area (Å²) in [4.78, 5) is 0. The average Bonchev–Trinajstić information content (AvgIpc) is 2.76. The summed E-state index contributed by atoms with van der Waals surface area (Å²) in [6, 6.07) is 0. The molecule has 2 aliphatic heterocycles. The lowest BCUT2D eigenvalue weighted by Gasteiger charge is -2.40. The first-order chi connectivity index (χ1) is 10.7. The van der Waals surface area contributed by atoms with Crippen molar-refractivity contribution >= 4 is 0 Å². The molecule has 2 rings (SSSR count). The Morgan fingerprint density at radius 1 is 0.826 bits per heavy atom. The maximum Gasteiger partial charge on any atom is 0.219 e. The second-order valence-corrected chi connectivity index (χ2v) is 5.63. The van der Waals surface area contributed by atoms with Gasteiger partial charge in [-0.3, -0.25) is 0 Å². The van der Waals surface area contributed by atoms with Crippen LogP contribution in [0.1, 0.15) is 0 Å². The van der Waals surface area contributed by atoms with Crippen molar-refractivity contribution in [3.05, 3.63) is 0 Å². The molecule has 8 N–H and O–H groups in total. The normalized spacial score (nSPS) is 51.1. The summed E-state index contributed by atoms with van der Waals surface area (Å²) in [7, 11) is 0. The van der Waals surface area contributed by atoms with Gasteiger partial charge in [0.05, 0.1) is 13.2 Å². The minimum absolute atomic E-state index is 0.652. The van der Waals surface area contributed by atoms with Crippen molar-refractivity contribution in [2.24, 2.45) is 0 Å². The Balaban J connectivity index is 1.99. The molecule has 23 heavy (non-hydrogen) atoms. The summed E-state index contributed by atoms with van der Waals surface area (Å²) in [5, 5.41) is 76.5. The van der Waals surface area contributed by atoms with Crippen LogP contribution in [-0.2, 0) is 14.2 Å². The molecule has 11 nitrogen and oxygen atoms in total. The van der Waals surface area contributed by atoms with Crippen molar-refractivity contribution in [3.8, 4) is 0 Å². The summed E-state index contributed by atoms with van der Waals surface area (Å²) in [6.07, 6.45) is -12.2. The predicted molar refractivity (Wildman–Crippen MR) is 68.6 cm³/mol. The third-order valence-corrected chi connectivity index (χ3v) is 4.00. The Labute approximate surface area is 130 Å². The second kappa shape index (κ2) is 7.21. The third kappa shape index (κ3) is 3.50. The molecule has 0 bridgehead atoms. The molecule has 0 amide bonds. The summed E-state index contributed by atoms with van der Waals surface area (Å²) in [5.41, 5.74) is 0. The van der Waals surface area contributed by atoms with E-state index in [2.05, 4.69) is 0 Å². The van der Waals surface area contributed by atoms with Crippen LogP contribution in [0.3, 0.4) is 0 Å². The largest absolute Gasteiger partial charge is 0.394 e. The van der Waals surface area contributed by atoms with E-state index in [9.17, 15) is 30.6 Å². The van der Waals surface area contributed by atoms with Crippen LogP contribution in [0, 0.1) is 0 Å². The van der Waals surface area contributed by atoms with Crippen LogP contribution in [-0.4, -0.2) is 115 Å². The summed E-state index contributed by atoms with van der Waals surface area (Å²) in [5.74, 6) is -2.37. The average molecular weight is 342 g/mol. The highest BCUT2D eigenvalue weighted by Gasteiger charge is 2.54. The van der Waals surface area contributed by atoms with Gasteiger partial charge in [-0.2, -0.15) is 0 Å². The van der Waals surface area contributed by atoms with Gasteiger partial charge < -0.3 is 55.1 Å². The topological polar surface area (TPSA) is 190 Å². The monoisotopic (exact) mass is 342 g/mol. The fraction of sp³-hybridized carbons (Fsp3) is 1.00. The molecule has 0 aromatic rings. The highest BCUT2D eigenvalue weighted by molar-refractivity contribution is 4.96. The van der Waals surface area contributed by atoms with E-state index in [0.717, 1.165) is 0 Å². The molecule has 2 fully saturated rings. The maximum absolute atomic E-state index is 10.1. The Bertz CT molecular complexity index is 393. The molecule has 0 radical (unpaired) electrons. The SMILES string of the molecule is OC[C@H]1O[C@@H](OCC2(O)O[C@H](CO)[C@@H](O)[C@@H]2O)[C@H](O)[C@@H](O)[C@H]1O. The van der Waals surface area contributed by atoms with Gasteiger partial charge in [-0.25, -0.2) is 0 Å². The summed E-state index contributed by atoms with van der Waals surface area (Å²) in [6.45, 7) is -2.08. The van der Waals surface area contributed by atoms with Crippen molar-refractivity contribution in [3.63, 3.8) is 0 Å². The lowest BCUT2D eigenvalue weighted by Crippen LogP contribution is -2.60. The zero-order valence-corrected chi connectivity index (χ0v) is 12.0. The van der Waals surface area contributed by atoms with Crippen molar-refractivity contribution in [2.75, 3.05) is 19.8 Å². The standard InChI is InChI=1S/C12H22O11/c13-1-4-6(15)8(17)9(18)11(22-4)21-3-12(20)10(19)7(16)5(2-14)23-12/h4-11,13-20H,1-3H2/t4-,5-,6+,7-,8+,9-,10+,11-,12?/m1/s1. The Kier molecular flexibility index (Phi) is 5.92. The zero-order chi connectivity index (χ0) is 17.4. The summed E-state index contributed by atoms with van der Waals surface area (Å²) >= 11 is 0. The fourth-order valence-electron chi connectivity index (χ4n) is 2.54. The maximum atomic E-state index is 10.1. The molecular formula is C12H22O11. The summed E-state index contributed by atoms with van der Waals surface area (Å²) < 4.78 is 15.1. The molecule has 11 heteroatoms. The highest BCUT2D eigenvalue weighted by atomic mass is 16.7. The molecule has 2 aliphatic rings. The molecule has 0 aromatic heterocycles.